The van der Waals surface area contributed by atoms with Crippen molar-refractivity contribution in [3.8, 4) is 11.4 Å². The third-order valence-electron chi connectivity index (χ3n) is 4.35. The van der Waals surface area contributed by atoms with Crippen molar-refractivity contribution >= 4 is 29.1 Å². The monoisotopic (exact) mass is 386 g/mol. The Morgan fingerprint density at radius 3 is 2.42 bits per heavy atom. The summed E-state index contributed by atoms with van der Waals surface area (Å²) in [6.07, 6.45) is 0. The molecule has 4 nitrogen and oxygen atoms in total. The summed E-state index contributed by atoms with van der Waals surface area (Å²) in [6, 6.07) is 16.4. The highest BCUT2D eigenvalue weighted by Crippen LogP contribution is 2.27. The molecule has 0 aliphatic carbocycles. The molecular formula is C20H23ClN4S. The fourth-order valence-electron chi connectivity index (χ4n) is 2.88. The zero-order valence-corrected chi connectivity index (χ0v) is 16.9. The van der Waals surface area contributed by atoms with Crippen LogP contribution in [0.15, 0.2) is 53.7 Å². The molecule has 0 aliphatic rings. The van der Waals surface area contributed by atoms with E-state index >= 15 is 0 Å². The molecule has 0 saturated heterocycles. The first-order chi connectivity index (χ1) is 12.6. The van der Waals surface area contributed by atoms with Gasteiger partial charge in [-0.2, -0.15) is 0 Å². The molecule has 0 saturated carbocycles. The molecule has 1 aromatic heterocycles. The number of aromatic nitrogens is 3. The van der Waals surface area contributed by atoms with Gasteiger partial charge in [0.2, 0.25) is 0 Å². The summed E-state index contributed by atoms with van der Waals surface area (Å²) >= 11 is 7.71. The van der Waals surface area contributed by atoms with Gasteiger partial charge in [0.1, 0.15) is 0 Å². The minimum Gasteiger partial charge on any atom is -0.372 e. The van der Waals surface area contributed by atoms with E-state index in [1.54, 1.807) is 11.8 Å². The standard InChI is InChI=1S/C20H23ClN4S/c1-4-25(5-2)18-11-9-16(10-12-18)19-22-23-20(24(19)3)26-14-15-7-6-8-17(21)13-15/h6-13H,4-5,14H2,1-3H3. The summed E-state index contributed by atoms with van der Waals surface area (Å²) in [5, 5.41) is 10.4. The van der Waals surface area contributed by atoms with Gasteiger partial charge in [0.25, 0.3) is 0 Å². The second-order valence-corrected chi connectivity index (χ2v) is 7.38. The molecule has 3 aromatic rings. The molecule has 0 amide bonds. The molecule has 0 atom stereocenters. The summed E-state index contributed by atoms with van der Waals surface area (Å²) in [5.74, 6) is 1.69. The van der Waals surface area contributed by atoms with E-state index in [1.165, 1.54) is 11.3 Å². The highest BCUT2D eigenvalue weighted by atomic mass is 35.5. The average Bonchev–Trinajstić information content (AvgIpc) is 3.02. The van der Waals surface area contributed by atoms with E-state index in [0.29, 0.717) is 0 Å². The molecule has 0 fully saturated rings. The maximum atomic E-state index is 6.05. The van der Waals surface area contributed by atoms with Crippen molar-refractivity contribution < 1.29 is 0 Å². The summed E-state index contributed by atoms with van der Waals surface area (Å²) in [7, 11) is 2.01. The van der Waals surface area contributed by atoms with Gasteiger partial charge in [-0.1, -0.05) is 35.5 Å². The smallest absolute Gasteiger partial charge is 0.191 e. The van der Waals surface area contributed by atoms with E-state index in [9.17, 15) is 0 Å². The van der Waals surface area contributed by atoms with Crippen LogP contribution in [0.5, 0.6) is 0 Å². The Balaban J connectivity index is 1.74. The van der Waals surface area contributed by atoms with Crippen LogP contribution in [0.25, 0.3) is 11.4 Å². The number of thioether (sulfide) groups is 1. The number of rotatable bonds is 7. The summed E-state index contributed by atoms with van der Waals surface area (Å²) in [5.41, 5.74) is 3.48. The van der Waals surface area contributed by atoms with E-state index in [-0.39, 0.29) is 0 Å². The highest BCUT2D eigenvalue weighted by molar-refractivity contribution is 7.98. The molecule has 0 spiro atoms. The summed E-state index contributed by atoms with van der Waals surface area (Å²) in [6.45, 7) is 6.35. The maximum Gasteiger partial charge on any atom is 0.191 e. The highest BCUT2D eigenvalue weighted by Gasteiger charge is 2.12. The lowest BCUT2D eigenvalue weighted by molar-refractivity contribution is 0.793. The molecule has 6 heteroatoms. The van der Waals surface area contributed by atoms with Gasteiger partial charge in [0.15, 0.2) is 11.0 Å². The summed E-state index contributed by atoms with van der Waals surface area (Å²) < 4.78 is 2.04. The molecule has 0 aliphatic heterocycles. The first-order valence-corrected chi connectivity index (χ1v) is 10.1. The van der Waals surface area contributed by atoms with E-state index in [0.717, 1.165) is 40.4 Å². The average molecular weight is 387 g/mol. The molecule has 2 aromatic carbocycles. The Hall–Kier alpha value is -1.98. The molecule has 136 valence electrons. The Bertz CT molecular complexity index is 857. The second kappa shape index (κ2) is 8.60. The number of benzene rings is 2. The van der Waals surface area contributed by atoms with Crippen LogP contribution >= 0.6 is 23.4 Å². The van der Waals surface area contributed by atoms with Crippen molar-refractivity contribution in [2.24, 2.45) is 7.05 Å². The predicted molar refractivity (Wildman–Crippen MR) is 111 cm³/mol. The Labute approximate surface area is 164 Å². The van der Waals surface area contributed by atoms with Gasteiger partial charge in [0.05, 0.1) is 0 Å². The zero-order chi connectivity index (χ0) is 18.5. The Morgan fingerprint density at radius 1 is 1.04 bits per heavy atom. The fraction of sp³-hybridized carbons (Fsp3) is 0.300. The fourth-order valence-corrected chi connectivity index (χ4v) is 3.94. The number of anilines is 1. The number of halogens is 1. The van der Waals surface area contributed by atoms with Gasteiger partial charge in [-0.3, -0.25) is 0 Å². The largest absolute Gasteiger partial charge is 0.372 e. The van der Waals surface area contributed by atoms with Crippen molar-refractivity contribution in [3.05, 3.63) is 59.1 Å². The molecule has 26 heavy (non-hydrogen) atoms. The molecule has 3 rings (SSSR count). The molecule has 0 N–H and O–H groups in total. The van der Waals surface area contributed by atoms with Crippen molar-refractivity contribution in [1.29, 1.82) is 0 Å². The van der Waals surface area contributed by atoms with Crippen LogP contribution in [0.1, 0.15) is 19.4 Å². The lowest BCUT2D eigenvalue weighted by Crippen LogP contribution is -2.21. The van der Waals surface area contributed by atoms with Gasteiger partial charge in [-0.25, -0.2) is 0 Å². The predicted octanol–water partition coefficient (Wildman–Crippen LogP) is 5.27. The number of hydrogen-bond acceptors (Lipinski definition) is 4. The zero-order valence-electron chi connectivity index (χ0n) is 15.3. The molecule has 0 radical (unpaired) electrons. The van der Waals surface area contributed by atoms with Crippen molar-refractivity contribution in [2.45, 2.75) is 24.8 Å². The third-order valence-corrected chi connectivity index (χ3v) is 5.67. The van der Waals surface area contributed by atoms with Crippen molar-refractivity contribution in [3.63, 3.8) is 0 Å². The van der Waals surface area contributed by atoms with Crippen LogP contribution in [0, 0.1) is 0 Å². The first kappa shape index (κ1) is 18.8. The lowest BCUT2D eigenvalue weighted by Gasteiger charge is -2.21. The van der Waals surface area contributed by atoms with Crippen LogP contribution in [0.2, 0.25) is 5.02 Å². The third kappa shape index (κ3) is 4.22. The summed E-state index contributed by atoms with van der Waals surface area (Å²) in [4.78, 5) is 2.33. The van der Waals surface area contributed by atoms with E-state index < -0.39 is 0 Å². The van der Waals surface area contributed by atoms with Crippen LogP contribution in [0.3, 0.4) is 0 Å². The van der Waals surface area contributed by atoms with E-state index in [1.807, 2.05) is 29.8 Å². The number of nitrogens with zero attached hydrogens (tertiary/aromatic N) is 4. The first-order valence-electron chi connectivity index (χ1n) is 8.74. The van der Waals surface area contributed by atoms with Crippen molar-refractivity contribution in [1.82, 2.24) is 14.8 Å². The normalized spacial score (nSPS) is 10.9. The van der Waals surface area contributed by atoms with Gasteiger partial charge in [0, 0.05) is 42.2 Å². The minimum atomic E-state index is 0.759. The van der Waals surface area contributed by atoms with Gasteiger partial charge in [-0.15, -0.1) is 10.2 Å². The molecular weight excluding hydrogens is 364 g/mol. The molecule has 1 heterocycles. The van der Waals surface area contributed by atoms with Gasteiger partial charge >= 0.3 is 0 Å². The maximum absolute atomic E-state index is 6.05. The van der Waals surface area contributed by atoms with Crippen LogP contribution in [0.4, 0.5) is 5.69 Å². The second-order valence-electron chi connectivity index (χ2n) is 6.00. The van der Waals surface area contributed by atoms with Crippen LogP contribution in [-0.2, 0) is 12.8 Å². The van der Waals surface area contributed by atoms with Crippen molar-refractivity contribution in [2.75, 3.05) is 18.0 Å². The Morgan fingerprint density at radius 2 is 1.77 bits per heavy atom. The SMILES string of the molecule is CCN(CC)c1ccc(-c2nnc(SCc3cccc(Cl)c3)n2C)cc1. The minimum absolute atomic E-state index is 0.759. The van der Waals surface area contributed by atoms with E-state index in [4.69, 9.17) is 11.6 Å². The number of hydrogen-bond donors (Lipinski definition) is 0. The molecule has 0 bridgehead atoms. The van der Waals surface area contributed by atoms with Crippen LogP contribution < -0.4 is 4.90 Å². The van der Waals surface area contributed by atoms with E-state index in [2.05, 4.69) is 59.3 Å². The van der Waals surface area contributed by atoms with Crippen LogP contribution in [-0.4, -0.2) is 27.9 Å². The lowest BCUT2D eigenvalue weighted by atomic mass is 10.2. The quantitative estimate of drug-likeness (QED) is 0.518. The topological polar surface area (TPSA) is 34.0 Å². The Kier molecular flexibility index (Phi) is 6.22. The van der Waals surface area contributed by atoms with Gasteiger partial charge in [-0.05, 0) is 55.8 Å². The molecule has 0 unspecified atom stereocenters. The van der Waals surface area contributed by atoms with Gasteiger partial charge < -0.3 is 9.47 Å².